The second-order valence-electron chi connectivity index (χ2n) is 6.03. The van der Waals surface area contributed by atoms with Crippen molar-refractivity contribution in [2.75, 3.05) is 13.1 Å². The van der Waals surface area contributed by atoms with Crippen LogP contribution in [-0.2, 0) is 13.0 Å². The Labute approximate surface area is 149 Å². The zero-order chi connectivity index (χ0) is 17.2. The van der Waals surface area contributed by atoms with Crippen LogP contribution in [0.1, 0.15) is 49.4 Å². The molecule has 0 spiro atoms. The monoisotopic (exact) mass is 344 g/mol. The molecule has 0 saturated carbocycles. The van der Waals surface area contributed by atoms with Gasteiger partial charge in [0.15, 0.2) is 5.96 Å². The highest BCUT2D eigenvalue weighted by atomic mass is 32.1. The first-order valence-electron chi connectivity index (χ1n) is 8.69. The highest BCUT2D eigenvalue weighted by Gasteiger charge is 2.05. The van der Waals surface area contributed by atoms with Gasteiger partial charge in [-0.2, -0.15) is 0 Å². The van der Waals surface area contributed by atoms with Gasteiger partial charge in [0.1, 0.15) is 5.01 Å². The molecule has 130 valence electrons. The van der Waals surface area contributed by atoms with Gasteiger partial charge in [-0.05, 0) is 31.2 Å². The Balaban J connectivity index is 1.79. The van der Waals surface area contributed by atoms with Crippen molar-refractivity contribution in [3.8, 4) is 0 Å². The predicted molar refractivity (Wildman–Crippen MR) is 104 cm³/mol. The third-order valence-electron chi connectivity index (χ3n) is 3.66. The van der Waals surface area contributed by atoms with Gasteiger partial charge in [0.2, 0.25) is 0 Å². The molecule has 0 bridgehead atoms. The van der Waals surface area contributed by atoms with E-state index in [9.17, 15) is 0 Å². The summed E-state index contributed by atoms with van der Waals surface area (Å²) < 4.78 is 0. The van der Waals surface area contributed by atoms with Gasteiger partial charge in [0.25, 0.3) is 0 Å². The molecule has 1 aromatic heterocycles. The summed E-state index contributed by atoms with van der Waals surface area (Å²) in [5, 5.41) is 9.91. The minimum absolute atomic E-state index is 0.475. The smallest absolute Gasteiger partial charge is 0.191 e. The van der Waals surface area contributed by atoms with Crippen molar-refractivity contribution >= 4 is 17.3 Å². The molecule has 0 unspecified atom stereocenters. The largest absolute Gasteiger partial charge is 0.357 e. The van der Waals surface area contributed by atoms with Crippen LogP contribution >= 0.6 is 11.3 Å². The molecule has 0 aliphatic rings. The lowest BCUT2D eigenvalue weighted by Crippen LogP contribution is -2.37. The number of guanidine groups is 1. The van der Waals surface area contributed by atoms with E-state index in [1.165, 1.54) is 5.56 Å². The molecule has 0 saturated heterocycles. The van der Waals surface area contributed by atoms with Gasteiger partial charge in [0, 0.05) is 18.5 Å². The summed E-state index contributed by atoms with van der Waals surface area (Å²) in [6, 6.07) is 10.6. The summed E-state index contributed by atoms with van der Waals surface area (Å²) in [6.07, 6.45) is 2.17. The van der Waals surface area contributed by atoms with Crippen LogP contribution in [0.4, 0.5) is 0 Å². The number of thiazole rings is 1. The van der Waals surface area contributed by atoms with Crippen molar-refractivity contribution in [3.63, 3.8) is 0 Å². The van der Waals surface area contributed by atoms with Gasteiger partial charge in [-0.1, -0.05) is 44.2 Å². The molecule has 0 atom stereocenters. The highest BCUT2D eigenvalue weighted by molar-refractivity contribution is 7.09. The molecule has 5 heteroatoms. The van der Waals surface area contributed by atoms with Crippen molar-refractivity contribution in [1.29, 1.82) is 0 Å². The molecule has 0 amide bonds. The van der Waals surface area contributed by atoms with E-state index in [0.717, 1.165) is 42.6 Å². The van der Waals surface area contributed by atoms with Crippen LogP contribution in [0.2, 0.25) is 0 Å². The Morgan fingerprint density at radius 2 is 2.00 bits per heavy atom. The topological polar surface area (TPSA) is 49.3 Å². The van der Waals surface area contributed by atoms with Crippen LogP contribution in [0.25, 0.3) is 0 Å². The van der Waals surface area contributed by atoms with Crippen LogP contribution in [-0.4, -0.2) is 24.0 Å². The van der Waals surface area contributed by atoms with Crippen molar-refractivity contribution in [2.45, 2.75) is 46.1 Å². The molecule has 24 heavy (non-hydrogen) atoms. The predicted octanol–water partition coefficient (Wildman–Crippen LogP) is 3.95. The highest BCUT2D eigenvalue weighted by Crippen LogP contribution is 2.18. The van der Waals surface area contributed by atoms with Crippen molar-refractivity contribution in [3.05, 3.63) is 52.0 Å². The molecule has 2 rings (SSSR count). The Morgan fingerprint density at radius 3 is 2.67 bits per heavy atom. The number of nitrogens with one attached hydrogen (secondary N) is 2. The fourth-order valence-electron chi connectivity index (χ4n) is 2.30. The maximum Gasteiger partial charge on any atom is 0.191 e. The number of benzene rings is 1. The molecule has 2 aromatic rings. The number of hydrogen-bond acceptors (Lipinski definition) is 3. The van der Waals surface area contributed by atoms with E-state index in [1.54, 1.807) is 11.3 Å². The average molecular weight is 345 g/mol. The van der Waals surface area contributed by atoms with Crippen molar-refractivity contribution < 1.29 is 0 Å². The Bertz CT molecular complexity index is 619. The fraction of sp³-hybridized carbons (Fsp3) is 0.474. The molecule has 0 aliphatic heterocycles. The van der Waals surface area contributed by atoms with Gasteiger partial charge in [-0.25, -0.2) is 9.98 Å². The van der Waals surface area contributed by atoms with Crippen LogP contribution in [0, 0.1) is 0 Å². The maximum atomic E-state index is 4.64. The summed E-state index contributed by atoms with van der Waals surface area (Å²) in [5.41, 5.74) is 2.54. The minimum atomic E-state index is 0.475. The molecular formula is C19H28N4S. The fourth-order valence-corrected chi connectivity index (χ4v) is 3.17. The number of hydrogen-bond donors (Lipinski definition) is 2. The first-order chi connectivity index (χ1) is 11.7. The quantitative estimate of drug-likeness (QED) is 0.433. The molecule has 1 aromatic carbocycles. The molecular weight excluding hydrogens is 316 g/mol. The second-order valence-corrected chi connectivity index (χ2v) is 6.97. The summed E-state index contributed by atoms with van der Waals surface area (Å²) in [7, 11) is 0. The first-order valence-corrected chi connectivity index (χ1v) is 9.57. The van der Waals surface area contributed by atoms with E-state index in [1.807, 2.05) is 0 Å². The number of rotatable bonds is 8. The Hall–Kier alpha value is -1.88. The standard InChI is InChI=1S/C19H28N4S/c1-4-20-19(21-12-8-11-16-9-6-5-7-10-16)22-13-18-23-17(14-24-18)15(2)3/h5-7,9-10,14-15H,4,8,11-13H2,1-3H3,(H2,20,21,22). The zero-order valence-corrected chi connectivity index (χ0v) is 15.7. The summed E-state index contributed by atoms with van der Waals surface area (Å²) in [6.45, 7) is 8.82. The molecule has 0 aliphatic carbocycles. The third kappa shape index (κ3) is 6.32. The zero-order valence-electron chi connectivity index (χ0n) is 14.9. The van der Waals surface area contributed by atoms with Crippen molar-refractivity contribution in [1.82, 2.24) is 15.6 Å². The first kappa shape index (κ1) is 18.5. The lowest BCUT2D eigenvalue weighted by Gasteiger charge is -2.11. The van der Waals surface area contributed by atoms with Gasteiger partial charge in [-0.3, -0.25) is 0 Å². The van der Waals surface area contributed by atoms with Gasteiger partial charge in [0.05, 0.1) is 12.2 Å². The third-order valence-corrected chi connectivity index (χ3v) is 4.51. The van der Waals surface area contributed by atoms with Crippen LogP contribution in [0.5, 0.6) is 0 Å². The SMILES string of the molecule is CCNC(=NCc1nc(C(C)C)cs1)NCCCc1ccccc1. The molecule has 4 nitrogen and oxygen atoms in total. The lowest BCUT2D eigenvalue weighted by molar-refractivity contribution is 0.743. The van der Waals surface area contributed by atoms with E-state index >= 15 is 0 Å². The van der Waals surface area contributed by atoms with E-state index in [-0.39, 0.29) is 0 Å². The van der Waals surface area contributed by atoms with E-state index in [0.29, 0.717) is 12.5 Å². The van der Waals surface area contributed by atoms with Gasteiger partial charge >= 0.3 is 0 Å². The van der Waals surface area contributed by atoms with Crippen LogP contribution in [0.15, 0.2) is 40.7 Å². The van der Waals surface area contributed by atoms with E-state index in [4.69, 9.17) is 0 Å². The van der Waals surface area contributed by atoms with Crippen LogP contribution in [0.3, 0.4) is 0 Å². The number of aliphatic imine (C=N–C) groups is 1. The molecule has 0 radical (unpaired) electrons. The van der Waals surface area contributed by atoms with E-state index in [2.05, 4.69) is 77.1 Å². The van der Waals surface area contributed by atoms with Crippen LogP contribution < -0.4 is 10.6 Å². The van der Waals surface area contributed by atoms with Gasteiger partial charge in [-0.15, -0.1) is 11.3 Å². The average Bonchev–Trinajstić information content (AvgIpc) is 3.06. The summed E-state index contributed by atoms with van der Waals surface area (Å²) in [4.78, 5) is 9.28. The number of nitrogens with zero attached hydrogens (tertiary/aromatic N) is 2. The summed E-state index contributed by atoms with van der Waals surface area (Å²) in [5.74, 6) is 1.34. The molecule has 1 heterocycles. The normalized spacial score (nSPS) is 11.8. The van der Waals surface area contributed by atoms with Crippen molar-refractivity contribution in [2.24, 2.45) is 4.99 Å². The Kier molecular flexibility index (Phi) is 7.75. The minimum Gasteiger partial charge on any atom is -0.357 e. The van der Waals surface area contributed by atoms with Gasteiger partial charge < -0.3 is 10.6 Å². The molecule has 2 N–H and O–H groups in total. The molecule has 0 fully saturated rings. The maximum absolute atomic E-state index is 4.64. The number of aryl methyl sites for hydroxylation is 1. The Morgan fingerprint density at radius 1 is 1.21 bits per heavy atom. The lowest BCUT2D eigenvalue weighted by atomic mass is 10.1. The number of aromatic nitrogens is 1. The summed E-state index contributed by atoms with van der Waals surface area (Å²) >= 11 is 1.69. The van der Waals surface area contributed by atoms with E-state index < -0.39 is 0 Å². The second kappa shape index (κ2) is 10.1.